The summed E-state index contributed by atoms with van der Waals surface area (Å²) in [6.45, 7) is 5.53. The fourth-order valence-electron chi connectivity index (χ4n) is 2.34. The van der Waals surface area contributed by atoms with Gasteiger partial charge in [0.25, 0.3) is 0 Å². The summed E-state index contributed by atoms with van der Waals surface area (Å²) in [7, 11) is 0. The first-order valence-corrected chi connectivity index (χ1v) is 9.39. The average Bonchev–Trinajstić information content (AvgIpc) is 2.59. The van der Waals surface area contributed by atoms with Gasteiger partial charge in [0.2, 0.25) is 5.91 Å². The summed E-state index contributed by atoms with van der Waals surface area (Å²) in [5, 5.41) is 7.00. The maximum atomic E-state index is 10.9. The number of nitrogens with one attached hydrogen (secondary N) is 2. The Morgan fingerprint density at radius 3 is 2.83 bits per heavy atom. The van der Waals surface area contributed by atoms with Crippen LogP contribution in [0.15, 0.2) is 29.2 Å². The molecule has 1 fully saturated rings. The highest BCUT2D eigenvalue weighted by Gasteiger charge is 2.09. The molecule has 1 aromatic rings. The van der Waals surface area contributed by atoms with Crippen molar-refractivity contribution in [3.8, 4) is 0 Å². The van der Waals surface area contributed by atoms with Crippen LogP contribution in [0.1, 0.15) is 6.42 Å². The molecular formula is C16H24N4O2S2. The molecule has 0 bridgehead atoms. The first-order valence-electron chi connectivity index (χ1n) is 8.00. The number of anilines is 1. The van der Waals surface area contributed by atoms with Crippen LogP contribution in [0.2, 0.25) is 0 Å². The number of nitrogens with zero attached hydrogens (tertiary/aromatic N) is 1. The molecule has 0 spiro atoms. The third-order valence-electron chi connectivity index (χ3n) is 3.55. The Morgan fingerprint density at radius 1 is 1.33 bits per heavy atom. The van der Waals surface area contributed by atoms with Crippen LogP contribution in [0.25, 0.3) is 0 Å². The van der Waals surface area contributed by atoms with Gasteiger partial charge in [-0.3, -0.25) is 9.69 Å². The van der Waals surface area contributed by atoms with Crippen molar-refractivity contribution in [1.82, 2.24) is 10.2 Å². The van der Waals surface area contributed by atoms with Crippen molar-refractivity contribution in [1.29, 1.82) is 0 Å². The highest BCUT2D eigenvalue weighted by Crippen LogP contribution is 2.26. The molecule has 1 amide bonds. The Kier molecular flexibility index (Phi) is 8.31. The zero-order valence-corrected chi connectivity index (χ0v) is 15.3. The van der Waals surface area contributed by atoms with Gasteiger partial charge in [0.05, 0.1) is 24.7 Å². The van der Waals surface area contributed by atoms with Crippen molar-refractivity contribution in [2.24, 2.45) is 5.73 Å². The summed E-state index contributed by atoms with van der Waals surface area (Å²) in [5.74, 6) is -0.0862. The van der Waals surface area contributed by atoms with Gasteiger partial charge < -0.3 is 21.1 Å². The van der Waals surface area contributed by atoms with Gasteiger partial charge in [0.1, 0.15) is 0 Å². The Hall–Kier alpha value is -1.35. The second-order valence-corrected chi connectivity index (χ2v) is 6.87. The number of nitrogens with two attached hydrogens (primary N) is 1. The van der Waals surface area contributed by atoms with Crippen molar-refractivity contribution in [2.45, 2.75) is 11.3 Å². The molecule has 0 atom stereocenters. The summed E-state index contributed by atoms with van der Waals surface area (Å²) in [6.07, 6.45) is 1.03. The van der Waals surface area contributed by atoms with Crippen molar-refractivity contribution in [2.75, 3.05) is 50.5 Å². The number of morpholine rings is 1. The summed E-state index contributed by atoms with van der Waals surface area (Å²) in [5.41, 5.74) is 6.09. The summed E-state index contributed by atoms with van der Waals surface area (Å²) in [4.78, 5) is 14.3. The first kappa shape index (κ1) is 19.0. The number of rotatable bonds is 8. The molecule has 4 N–H and O–H groups in total. The normalized spacial score (nSPS) is 15.0. The number of amides is 1. The van der Waals surface area contributed by atoms with Crippen molar-refractivity contribution < 1.29 is 9.53 Å². The number of primary amides is 1. The first-order chi connectivity index (χ1) is 11.6. The summed E-state index contributed by atoms with van der Waals surface area (Å²) in [6, 6.07) is 7.73. The standard InChI is InChI=1S/C16H24N4O2S2/c17-15(21)12-24-14-5-2-1-4-13(14)19-16(23)18-6-3-7-20-8-10-22-11-9-20/h1-2,4-5H,3,6-12H2,(H2,17,21)(H2,18,19,23). The number of hydrogen-bond donors (Lipinski definition) is 3. The van der Waals surface area contributed by atoms with Crippen molar-refractivity contribution in [3.63, 3.8) is 0 Å². The monoisotopic (exact) mass is 368 g/mol. The maximum Gasteiger partial charge on any atom is 0.227 e. The molecule has 132 valence electrons. The van der Waals surface area contributed by atoms with Gasteiger partial charge in [-0.15, -0.1) is 11.8 Å². The van der Waals surface area contributed by atoms with E-state index in [4.69, 9.17) is 22.7 Å². The number of para-hydroxylation sites is 1. The molecule has 8 heteroatoms. The van der Waals surface area contributed by atoms with Gasteiger partial charge in [-0.1, -0.05) is 12.1 Å². The number of thiocarbonyl (C=S) groups is 1. The lowest BCUT2D eigenvalue weighted by Gasteiger charge is -2.26. The van der Waals surface area contributed by atoms with Crippen LogP contribution in [-0.2, 0) is 9.53 Å². The number of benzene rings is 1. The molecule has 1 heterocycles. The molecule has 0 saturated carbocycles. The molecule has 24 heavy (non-hydrogen) atoms. The van der Waals surface area contributed by atoms with Crippen LogP contribution in [0, 0.1) is 0 Å². The van der Waals surface area contributed by atoms with Crippen LogP contribution in [-0.4, -0.2) is 61.1 Å². The van der Waals surface area contributed by atoms with Crippen LogP contribution in [0.5, 0.6) is 0 Å². The van der Waals surface area contributed by atoms with E-state index in [-0.39, 0.29) is 11.7 Å². The van der Waals surface area contributed by atoms with Crippen LogP contribution in [0.4, 0.5) is 5.69 Å². The third-order valence-corrected chi connectivity index (χ3v) is 4.89. The van der Waals surface area contributed by atoms with E-state index in [0.29, 0.717) is 5.11 Å². The lowest BCUT2D eigenvalue weighted by atomic mass is 10.3. The largest absolute Gasteiger partial charge is 0.379 e. The quantitative estimate of drug-likeness (QED) is 0.362. The van der Waals surface area contributed by atoms with E-state index in [1.54, 1.807) is 0 Å². The number of carbonyl (C=O) groups is 1. The number of carbonyl (C=O) groups excluding carboxylic acids is 1. The predicted molar refractivity (Wildman–Crippen MR) is 102 cm³/mol. The van der Waals surface area contributed by atoms with Crippen molar-refractivity contribution in [3.05, 3.63) is 24.3 Å². The Labute approximate surface area is 152 Å². The zero-order chi connectivity index (χ0) is 17.2. The van der Waals surface area contributed by atoms with E-state index in [1.165, 1.54) is 11.8 Å². The smallest absolute Gasteiger partial charge is 0.227 e. The topological polar surface area (TPSA) is 79.6 Å². The van der Waals surface area contributed by atoms with E-state index in [0.717, 1.165) is 56.4 Å². The Morgan fingerprint density at radius 2 is 2.08 bits per heavy atom. The molecule has 0 unspecified atom stereocenters. The molecular weight excluding hydrogens is 344 g/mol. The van der Waals surface area contributed by atoms with Gasteiger partial charge >= 0.3 is 0 Å². The highest BCUT2D eigenvalue weighted by atomic mass is 32.2. The SMILES string of the molecule is NC(=O)CSc1ccccc1NC(=S)NCCCN1CCOCC1. The molecule has 2 rings (SSSR count). The summed E-state index contributed by atoms with van der Waals surface area (Å²) < 4.78 is 5.34. The molecule has 1 saturated heterocycles. The number of thioether (sulfide) groups is 1. The zero-order valence-electron chi connectivity index (χ0n) is 13.6. The van der Waals surface area contributed by atoms with Gasteiger partial charge in [0, 0.05) is 24.5 Å². The van der Waals surface area contributed by atoms with E-state index in [1.807, 2.05) is 24.3 Å². The van der Waals surface area contributed by atoms with Gasteiger partial charge in [-0.25, -0.2) is 0 Å². The minimum absolute atomic E-state index is 0.248. The fraction of sp³-hybridized carbons (Fsp3) is 0.500. The minimum Gasteiger partial charge on any atom is -0.379 e. The van der Waals surface area contributed by atoms with E-state index in [9.17, 15) is 4.79 Å². The van der Waals surface area contributed by atoms with E-state index >= 15 is 0 Å². The highest BCUT2D eigenvalue weighted by molar-refractivity contribution is 8.00. The number of hydrogen-bond acceptors (Lipinski definition) is 5. The van der Waals surface area contributed by atoms with Gasteiger partial charge in [-0.05, 0) is 37.3 Å². The van der Waals surface area contributed by atoms with Crippen LogP contribution in [0.3, 0.4) is 0 Å². The fourth-order valence-corrected chi connectivity index (χ4v) is 3.30. The van der Waals surface area contributed by atoms with Gasteiger partial charge in [-0.2, -0.15) is 0 Å². The van der Waals surface area contributed by atoms with E-state index in [2.05, 4.69) is 15.5 Å². The third kappa shape index (κ3) is 7.04. The molecule has 1 aliphatic rings. The van der Waals surface area contributed by atoms with Crippen molar-refractivity contribution >= 4 is 40.7 Å². The van der Waals surface area contributed by atoms with Crippen LogP contribution >= 0.6 is 24.0 Å². The molecule has 1 aromatic carbocycles. The minimum atomic E-state index is -0.335. The number of ether oxygens (including phenoxy) is 1. The average molecular weight is 369 g/mol. The molecule has 0 aromatic heterocycles. The maximum absolute atomic E-state index is 10.9. The Bertz CT molecular complexity index is 551. The van der Waals surface area contributed by atoms with Crippen LogP contribution < -0.4 is 16.4 Å². The lowest BCUT2D eigenvalue weighted by Crippen LogP contribution is -2.38. The molecule has 1 aliphatic heterocycles. The molecule has 0 aliphatic carbocycles. The predicted octanol–water partition coefficient (Wildman–Crippen LogP) is 1.27. The molecule has 0 radical (unpaired) electrons. The summed E-state index contributed by atoms with van der Waals surface area (Å²) >= 11 is 6.75. The second kappa shape index (κ2) is 10.5. The molecule has 6 nitrogen and oxygen atoms in total. The second-order valence-electron chi connectivity index (χ2n) is 5.44. The lowest BCUT2D eigenvalue weighted by molar-refractivity contribution is -0.115. The van der Waals surface area contributed by atoms with E-state index < -0.39 is 0 Å². The van der Waals surface area contributed by atoms with Gasteiger partial charge in [0.15, 0.2) is 5.11 Å². The Balaban J connectivity index is 1.70.